The lowest BCUT2D eigenvalue weighted by molar-refractivity contribution is -0.121. The molecule has 1 amide bonds. The summed E-state index contributed by atoms with van der Waals surface area (Å²) in [6.07, 6.45) is 45.2. The maximum atomic E-state index is 12.1. The van der Waals surface area contributed by atoms with Gasteiger partial charge >= 0.3 is 0 Å². The molecule has 0 atom stereocenters. The molecule has 0 saturated carbocycles. The summed E-state index contributed by atoms with van der Waals surface area (Å²) in [6.45, 7) is 9.95. The molecule has 0 rings (SSSR count). The largest absolute Gasteiger partial charge is 0.356 e. The third-order valence-corrected chi connectivity index (χ3v) is 9.49. The Morgan fingerprint density at radius 3 is 1.16 bits per heavy atom. The van der Waals surface area contributed by atoms with Gasteiger partial charge in [-0.2, -0.15) is 0 Å². The third-order valence-electron chi connectivity index (χ3n) is 9.49. The van der Waals surface area contributed by atoms with Gasteiger partial charge in [-0.25, -0.2) is 0 Å². The highest BCUT2D eigenvalue weighted by Gasteiger charge is 2.01. The van der Waals surface area contributed by atoms with E-state index in [1.807, 2.05) is 0 Å². The summed E-state index contributed by atoms with van der Waals surface area (Å²) in [4.78, 5) is 12.1. The lowest BCUT2D eigenvalue weighted by atomic mass is 10.0. The number of hydrogen-bond donors (Lipinski definition) is 2. The maximum absolute atomic E-state index is 12.1. The summed E-state index contributed by atoms with van der Waals surface area (Å²) in [7, 11) is 0. The topological polar surface area (TPSA) is 41.1 Å². The molecule has 0 aromatic carbocycles. The molecule has 0 radical (unpaired) electrons. The van der Waals surface area contributed by atoms with Crippen LogP contribution >= 0.6 is 0 Å². The molecule has 0 aliphatic rings. The molecular formula is C41H84N2O. The van der Waals surface area contributed by atoms with E-state index in [0.717, 1.165) is 38.4 Å². The van der Waals surface area contributed by atoms with Gasteiger partial charge in [0.05, 0.1) is 0 Å². The van der Waals surface area contributed by atoms with Crippen molar-refractivity contribution in [2.75, 3.05) is 19.6 Å². The van der Waals surface area contributed by atoms with Crippen LogP contribution in [0, 0.1) is 5.92 Å². The summed E-state index contributed by atoms with van der Waals surface area (Å²) in [5.74, 6) is 1.13. The molecule has 0 aliphatic carbocycles. The molecule has 0 bridgehead atoms. The molecule has 0 aromatic heterocycles. The Morgan fingerprint density at radius 2 is 0.750 bits per heavy atom. The predicted octanol–water partition coefficient (Wildman–Crippen LogP) is 13.2. The first kappa shape index (κ1) is 43.4. The van der Waals surface area contributed by atoms with E-state index in [4.69, 9.17) is 0 Å². The lowest BCUT2D eigenvalue weighted by Crippen LogP contribution is -2.27. The lowest BCUT2D eigenvalue weighted by Gasteiger charge is -2.07. The normalized spacial score (nSPS) is 11.5. The number of unbranched alkanes of at least 4 members (excludes halogenated alkanes) is 28. The second-order valence-corrected chi connectivity index (χ2v) is 14.6. The van der Waals surface area contributed by atoms with Crippen LogP contribution in [-0.2, 0) is 4.79 Å². The van der Waals surface area contributed by atoms with Crippen LogP contribution in [0.2, 0.25) is 0 Å². The van der Waals surface area contributed by atoms with Crippen LogP contribution in [-0.4, -0.2) is 25.5 Å². The minimum absolute atomic E-state index is 0.252. The van der Waals surface area contributed by atoms with E-state index in [-0.39, 0.29) is 5.91 Å². The molecule has 264 valence electrons. The first-order chi connectivity index (χ1) is 21.7. The first-order valence-electron chi connectivity index (χ1n) is 20.6. The zero-order valence-corrected chi connectivity index (χ0v) is 30.9. The van der Waals surface area contributed by atoms with E-state index in [1.165, 1.54) is 193 Å². The van der Waals surface area contributed by atoms with Crippen LogP contribution in [0.1, 0.15) is 233 Å². The standard InChI is InChI=1S/C41H84N2O/c1-4-5-6-7-8-9-10-11-13-17-20-23-26-29-32-36-41(44)43-39-34-38-42-37-33-30-27-24-21-18-15-12-14-16-19-22-25-28-31-35-40(2)3/h40,42H,4-39H2,1-3H3,(H,43,44). The molecule has 2 N–H and O–H groups in total. The van der Waals surface area contributed by atoms with E-state index in [2.05, 4.69) is 31.4 Å². The number of carbonyl (C=O) groups excluding carboxylic acids is 1. The van der Waals surface area contributed by atoms with E-state index in [1.54, 1.807) is 0 Å². The number of nitrogens with one attached hydrogen (secondary N) is 2. The highest BCUT2D eigenvalue weighted by molar-refractivity contribution is 5.75. The van der Waals surface area contributed by atoms with Crippen LogP contribution in [0.15, 0.2) is 0 Å². The van der Waals surface area contributed by atoms with Gasteiger partial charge in [-0.05, 0) is 38.3 Å². The molecule has 0 saturated heterocycles. The summed E-state index contributed by atoms with van der Waals surface area (Å²) >= 11 is 0. The average molecular weight is 621 g/mol. The highest BCUT2D eigenvalue weighted by atomic mass is 16.1. The predicted molar refractivity (Wildman–Crippen MR) is 199 cm³/mol. The van der Waals surface area contributed by atoms with E-state index in [9.17, 15) is 4.79 Å². The van der Waals surface area contributed by atoms with Crippen molar-refractivity contribution in [3.05, 3.63) is 0 Å². The highest BCUT2D eigenvalue weighted by Crippen LogP contribution is 2.16. The van der Waals surface area contributed by atoms with Gasteiger partial charge in [0.15, 0.2) is 0 Å². The third kappa shape index (κ3) is 39.5. The second kappa shape index (κ2) is 38.6. The Hall–Kier alpha value is -0.570. The van der Waals surface area contributed by atoms with E-state index < -0.39 is 0 Å². The van der Waals surface area contributed by atoms with Crippen LogP contribution in [0.5, 0.6) is 0 Å². The second-order valence-electron chi connectivity index (χ2n) is 14.6. The fourth-order valence-electron chi connectivity index (χ4n) is 6.41. The summed E-state index contributed by atoms with van der Waals surface area (Å²) in [6, 6.07) is 0. The summed E-state index contributed by atoms with van der Waals surface area (Å²) < 4.78 is 0. The quantitative estimate of drug-likeness (QED) is 0.0674. The van der Waals surface area contributed by atoms with Gasteiger partial charge in [-0.15, -0.1) is 0 Å². The molecule has 0 heterocycles. The fraction of sp³-hybridized carbons (Fsp3) is 0.976. The minimum atomic E-state index is 0.252. The van der Waals surface area contributed by atoms with Crippen molar-refractivity contribution >= 4 is 5.91 Å². The van der Waals surface area contributed by atoms with Crippen LogP contribution in [0.3, 0.4) is 0 Å². The first-order valence-corrected chi connectivity index (χ1v) is 20.6. The monoisotopic (exact) mass is 621 g/mol. The smallest absolute Gasteiger partial charge is 0.219 e. The molecule has 0 aromatic rings. The molecule has 0 fully saturated rings. The van der Waals surface area contributed by atoms with Crippen molar-refractivity contribution in [3.63, 3.8) is 0 Å². The maximum Gasteiger partial charge on any atom is 0.219 e. The molecule has 3 nitrogen and oxygen atoms in total. The van der Waals surface area contributed by atoms with Gasteiger partial charge in [0.25, 0.3) is 0 Å². The van der Waals surface area contributed by atoms with Gasteiger partial charge in [0.2, 0.25) is 5.91 Å². The van der Waals surface area contributed by atoms with E-state index >= 15 is 0 Å². The number of carbonyl (C=O) groups is 1. The molecule has 3 heteroatoms. The van der Waals surface area contributed by atoms with Crippen molar-refractivity contribution < 1.29 is 4.79 Å². The van der Waals surface area contributed by atoms with Crippen LogP contribution in [0.4, 0.5) is 0 Å². The van der Waals surface area contributed by atoms with Crippen molar-refractivity contribution in [1.82, 2.24) is 10.6 Å². The molecule has 0 unspecified atom stereocenters. The van der Waals surface area contributed by atoms with Gasteiger partial charge in [0, 0.05) is 13.0 Å². The minimum Gasteiger partial charge on any atom is -0.356 e. The van der Waals surface area contributed by atoms with Gasteiger partial charge in [-0.1, -0.05) is 207 Å². The number of rotatable bonds is 38. The molecule has 44 heavy (non-hydrogen) atoms. The zero-order chi connectivity index (χ0) is 32.0. The van der Waals surface area contributed by atoms with Crippen molar-refractivity contribution in [1.29, 1.82) is 0 Å². The average Bonchev–Trinajstić information content (AvgIpc) is 3.01. The zero-order valence-electron chi connectivity index (χ0n) is 30.9. The van der Waals surface area contributed by atoms with Crippen molar-refractivity contribution in [3.8, 4) is 0 Å². The molecule has 0 spiro atoms. The summed E-state index contributed by atoms with van der Waals surface area (Å²) in [5, 5.41) is 6.68. The van der Waals surface area contributed by atoms with Crippen LogP contribution < -0.4 is 10.6 Å². The van der Waals surface area contributed by atoms with Crippen molar-refractivity contribution in [2.45, 2.75) is 233 Å². The van der Waals surface area contributed by atoms with Gasteiger partial charge in [0.1, 0.15) is 0 Å². The Morgan fingerprint density at radius 1 is 0.409 bits per heavy atom. The molecule has 0 aliphatic heterocycles. The number of hydrogen-bond acceptors (Lipinski definition) is 2. The van der Waals surface area contributed by atoms with Crippen molar-refractivity contribution in [2.24, 2.45) is 5.92 Å². The fourth-order valence-corrected chi connectivity index (χ4v) is 6.41. The Balaban J connectivity index is 3.14. The van der Waals surface area contributed by atoms with E-state index in [0.29, 0.717) is 6.42 Å². The van der Waals surface area contributed by atoms with Gasteiger partial charge < -0.3 is 10.6 Å². The Labute approximate surface area is 279 Å². The molecular weight excluding hydrogens is 536 g/mol. The van der Waals surface area contributed by atoms with Gasteiger partial charge in [-0.3, -0.25) is 4.79 Å². The summed E-state index contributed by atoms with van der Waals surface area (Å²) in [5.41, 5.74) is 0. The SMILES string of the molecule is CCCCCCCCCCCCCCCCCC(=O)NCCCNCCCCCCCCCCCCCCCCCC(C)C. The number of amides is 1. The Kier molecular flexibility index (Phi) is 38.1. The van der Waals surface area contributed by atoms with Crippen LogP contribution in [0.25, 0.3) is 0 Å². The Bertz CT molecular complexity index is 535.